The SMILES string of the molecule is CNC(=O)C1COCCN1c1ccc(N)c(OC(C)C)n1. The van der Waals surface area contributed by atoms with Crippen LogP contribution in [0, 0.1) is 0 Å². The standard InChI is InChI=1S/C14H22N4O3/c1-9(2)21-14-10(15)4-5-12(17-14)18-6-7-20-8-11(18)13(19)16-3/h4-5,9,11H,6-8,15H2,1-3H3,(H,16,19). The molecule has 1 unspecified atom stereocenters. The minimum absolute atomic E-state index is 0.0190. The fourth-order valence-electron chi connectivity index (χ4n) is 2.18. The van der Waals surface area contributed by atoms with Gasteiger partial charge in [0.05, 0.1) is 25.0 Å². The fraction of sp³-hybridized carbons (Fsp3) is 0.571. The maximum Gasteiger partial charge on any atom is 0.244 e. The molecule has 0 aliphatic carbocycles. The summed E-state index contributed by atoms with van der Waals surface area (Å²) in [5, 5.41) is 2.65. The van der Waals surface area contributed by atoms with Crippen LogP contribution in [0.1, 0.15) is 13.8 Å². The highest BCUT2D eigenvalue weighted by Crippen LogP contribution is 2.26. The van der Waals surface area contributed by atoms with E-state index in [2.05, 4.69) is 10.3 Å². The molecule has 1 aromatic heterocycles. The van der Waals surface area contributed by atoms with E-state index in [-0.39, 0.29) is 12.0 Å². The predicted octanol–water partition coefficient (Wildman–Crippen LogP) is 0.402. The number of ether oxygens (including phenoxy) is 2. The van der Waals surface area contributed by atoms with Crippen LogP contribution in [0.25, 0.3) is 0 Å². The van der Waals surface area contributed by atoms with Gasteiger partial charge < -0.3 is 25.4 Å². The van der Waals surface area contributed by atoms with Crippen LogP contribution in [0.4, 0.5) is 11.5 Å². The molecule has 1 atom stereocenters. The molecule has 0 aromatic carbocycles. The van der Waals surface area contributed by atoms with Crippen LogP contribution in [0.2, 0.25) is 0 Å². The van der Waals surface area contributed by atoms with Gasteiger partial charge in [0, 0.05) is 13.6 Å². The van der Waals surface area contributed by atoms with E-state index in [4.69, 9.17) is 15.2 Å². The zero-order valence-electron chi connectivity index (χ0n) is 12.6. The zero-order chi connectivity index (χ0) is 15.4. The van der Waals surface area contributed by atoms with Gasteiger partial charge in [-0.25, -0.2) is 0 Å². The van der Waals surface area contributed by atoms with Crippen LogP contribution in [-0.2, 0) is 9.53 Å². The van der Waals surface area contributed by atoms with E-state index < -0.39 is 6.04 Å². The molecule has 2 rings (SSSR count). The molecule has 0 spiro atoms. The second-order valence-electron chi connectivity index (χ2n) is 5.13. The Balaban J connectivity index is 2.28. The number of aromatic nitrogens is 1. The third-order valence-corrected chi connectivity index (χ3v) is 3.19. The number of nitrogens with one attached hydrogen (secondary N) is 1. The Morgan fingerprint density at radius 1 is 1.57 bits per heavy atom. The number of hydrogen-bond acceptors (Lipinski definition) is 6. The lowest BCUT2D eigenvalue weighted by atomic mass is 10.2. The first kappa shape index (κ1) is 15.4. The summed E-state index contributed by atoms with van der Waals surface area (Å²) in [5.41, 5.74) is 6.36. The van der Waals surface area contributed by atoms with Gasteiger partial charge in [0.2, 0.25) is 11.8 Å². The predicted molar refractivity (Wildman–Crippen MR) is 80.4 cm³/mol. The number of anilines is 2. The maximum atomic E-state index is 12.0. The Bertz CT molecular complexity index is 507. The molecule has 21 heavy (non-hydrogen) atoms. The number of nitrogens with two attached hydrogens (primary N) is 1. The number of carbonyl (C=O) groups is 1. The van der Waals surface area contributed by atoms with Crippen molar-refractivity contribution >= 4 is 17.4 Å². The highest BCUT2D eigenvalue weighted by atomic mass is 16.5. The lowest BCUT2D eigenvalue weighted by Crippen LogP contribution is -2.53. The molecule has 116 valence electrons. The third kappa shape index (κ3) is 3.55. The number of morpholine rings is 1. The summed E-state index contributed by atoms with van der Waals surface area (Å²) in [6.45, 7) is 5.31. The van der Waals surface area contributed by atoms with Crippen LogP contribution in [0.5, 0.6) is 5.88 Å². The summed E-state index contributed by atoms with van der Waals surface area (Å²) in [4.78, 5) is 18.3. The monoisotopic (exact) mass is 294 g/mol. The minimum Gasteiger partial charge on any atom is -0.473 e. The van der Waals surface area contributed by atoms with Crippen molar-refractivity contribution in [2.24, 2.45) is 0 Å². The van der Waals surface area contributed by atoms with E-state index >= 15 is 0 Å². The van der Waals surface area contributed by atoms with E-state index in [9.17, 15) is 4.79 Å². The largest absolute Gasteiger partial charge is 0.473 e. The fourth-order valence-corrected chi connectivity index (χ4v) is 2.18. The first-order chi connectivity index (χ1) is 10.0. The summed E-state index contributed by atoms with van der Waals surface area (Å²) in [7, 11) is 1.61. The smallest absolute Gasteiger partial charge is 0.244 e. The maximum absolute atomic E-state index is 12.0. The lowest BCUT2D eigenvalue weighted by molar-refractivity contribution is -0.124. The number of carbonyl (C=O) groups excluding carboxylic acids is 1. The molecule has 0 radical (unpaired) electrons. The second-order valence-corrected chi connectivity index (χ2v) is 5.13. The molecule has 1 aliphatic rings. The van der Waals surface area contributed by atoms with E-state index in [1.165, 1.54) is 0 Å². The molecule has 1 aromatic rings. The van der Waals surface area contributed by atoms with Gasteiger partial charge in [0.15, 0.2) is 0 Å². The number of nitrogen functional groups attached to an aromatic ring is 1. The Labute approximate surface area is 124 Å². The third-order valence-electron chi connectivity index (χ3n) is 3.19. The van der Waals surface area contributed by atoms with E-state index in [1.54, 1.807) is 19.2 Å². The summed E-state index contributed by atoms with van der Waals surface area (Å²) in [6, 6.07) is 3.15. The van der Waals surface area contributed by atoms with Gasteiger partial charge in [0.1, 0.15) is 11.9 Å². The van der Waals surface area contributed by atoms with Crippen LogP contribution in [0.3, 0.4) is 0 Å². The number of pyridine rings is 1. The molecular formula is C14H22N4O3. The van der Waals surface area contributed by atoms with Crippen molar-refractivity contribution in [1.29, 1.82) is 0 Å². The number of rotatable bonds is 4. The van der Waals surface area contributed by atoms with E-state index in [1.807, 2.05) is 18.7 Å². The zero-order valence-corrected chi connectivity index (χ0v) is 12.6. The summed E-state index contributed by atoms with van der Waals surface area (Å²) in [5.74, 6) is 0.959. The average Bonchev–Trinajstić information content (AvgIpc) is 2.48. The van der Waals surface area contributed by atoms with Gasteiger partial charge in [-0.15, -0.1) is 0 Å². The Kier molecular flexibility index (Phi) is 4.85. The first-order valence-electron chi connectivity index (χ1n) is 7.02. The van der Waals surface area contributed by atoms with Gasteiger partial charge in [0.25, 0.3) is 0 Å². The van der Waals surface area contributed by atoms with Gasteiger partial charge >= 0.3 is 0 Å². The molecule has 7 nitrogen and oxygen atoms in total. The number of likely N-dealkylation sites (N-methyl/N-ethyl adjacent to an activating group) is 1. The van der Waals surface area contributed by atoms with Crippen LogP contribution < -0.4 is 20.7 Å². The highest BCUT2D eigenvalue weighted by Gasteiger charge is 2.30. The van der Waals surface area contributed by atoms with Gasteiger partial charge in [-0.2, -0.15) is 4.98 Å². The van der Waals surface area contributed by atoms with Crippen molar-refractivity contribution in [3.63, 3.8) is 0 Å². The normalized spacial score (nSPS) is 18.7. The van der Waals surface area contributed by atoms with E-state index in [0.717, 1.165) is 0 Å². The van der Waals surface area contributed by atoms with Gasteiger partial charge in [-0.05, 0) is 26.0 Å². The molecule has 1 aliphatic heterocycles. The van der Waals surface area contributed by atoms with Crippen molar-refractivity contribution < 1.29 is 14.3 Å². The van der Waals surface area contributed by atoms with Crippen molar-refractivity contribution in [2.45, 2.75) is 26.0 Å². The van der Waals surface area contributed by atoms with Crippen LogP contribution >= 0.6 is 0 Å². The lowest BCUT2D eigenvalue weighted by Gasteiger charge is -2.35. The first-order valence-corrected chi connectivity index (χ1v) is 7.02. The molecule has 1 amide bonds. The van der Waals surface area contributed by atoms with E-state index in [0.29, 0.717) is 37.1 Å². The van der Waals surface area contributed by atoms with Crippen LogP contribution in [-0.4, -0.2) is 49.8 Å². The molecule has 0 bridgehead atoms. The number of amides is 1. The summed E-state index contributed by atoms with van der Waals surface area (Å²) >= 11 is 0. The Morgan fingerprint density at radius 3 is 3.00 bits per heavy atom. The highest BCUT2D eigenvalue weighted by molar-refractivity contribution is 5.85. The van der Waals surface area contributed by atoms with Gasteiger partial charge in [-0.1, -0.05) is 0 Å². The summed E-state index contributed by atoms with van der Waals surface area (Å²) in [6.07, 6.45) is -0.0190. The molecular weight excluding hydrogens is 272 g/mol. The topological polar surface area (TPSA) is 89.7 Å². The second kappa shape index (κ2) is 6.62. The Morgan fingerprint density at radius 2 is 2.33 bits per heavy atom. The summed E-state index contributed by atoms with van der Waals surface area (Å²) < 4.78 is 11.0. The van der Waals surface area contributed by atoms with Crippen LogP contribution in [0.15, 0.2) is 12.1 Å². The number of hydrogen-bond donors (Lipinski definition) is 2. The Hall–Kier alpha value is -2.02. The van der Waals surface area contributed by atoms with Crippen molar-refractivity contribution in [3.8, 4) is 5.88 Å². The molecule has 1 saturated heterocycles. The average molecular weight is 294 g/mol. The minimum atomic E-state index is -0.397. The number of nitrogens with zero attached hydrogens (tertiary/aromatic N) is 2. The molecule has 7 heteroatoms. The van der Waals surface area contributed by atoms with Crippen molar-refractivity contribution in [1.82, 2.24) is 10.3 Å². The van der Waals surface area contributed by atoms with Crippen molar-refractivity contribution in [3.05, 3.63) is 12.1 Å². The van der Waals surface area contributed by atoms with Crippen molar-refractivity contribution in [2.75, 3.05) is 37.4 Å². The molecule has 0 saturated carbocycles. The quantitative estimate of drug-likeness (QED) is 0.835. The molecule has 2 heterocycles. The van der Waals surface area contributed by atoms with Gasteiger partial charge in [-0.3, -0.25) is 4.79 Å². The molecule has 1 fully saturated rings. The molecule has 3 N–H and O–H groups in total.